The number of ether oxygens (including phenoxy) is 1. The first-order valence-corrected chi connectivity index (χ1v) is 7.48. The third-order valence-corrected chi connectivity index (χ3v) is 3.83. The Hall–Kier alpha value is -0.970. The zero-order valence-corrected chi connectivity index (χ0v) is 12.3. The molecule has 0 radical (unpaired) electrons. The number of benzene rings is 1. The summed E-state index contributed by atoms with van der Waals surface area (Å²) in [5.74, 6) is -0.100. The molecule has 0 aromatic heterocycles. The van der Waals surface area contributed by atoms with Gasteiger partial charge in [-0.05, 0) is 38.8 Å². The zero-order chi connectivity index (χ0) is 14.4. The summed E-state index contributed by atoms with van der Waals surface area (Å²) in [5, 5.41) is 0. The molecule has 0 atom stereocenters. The predicted octanol–water partition coefficient (Wildman–Crippen LogP) is 2.46. The van der Waals surface area contributed by atoms with Crippen molar-refractivity contribution in [2.75, 3.05) is 26.2 Å². The smallest absolute Gasteiger partial charge is 0.127 e. The zero-order valence-electron chi connectivity index (χ0n) is 12.3. The molecule has 0 aliphatic carbocycles. The topological polar surface area (TPSA) is 38.5 Å². The lowest BCUT2D eigenvalue weighted by molar-refractivity contribution is 0.00546. The van der Waals surface area contributed by atoms with Crippen LogP contribution in [0.2, 0.25) is 0 Å². The summed E-state index contributed by atoms with van der Waals surface area (Å²) >= 11 is 0. The van der Waals surface area contributed by atoms with Crippen molar-refractivity contribution in [3.63, 3.8) is 0 Å². The predicted molar refractivity (Wildman–Crippen MR) is 79.1 cm³/mol. The van der Waals surface area contributed by atoms with Crippen LogP contribution in [-0.2, 0) is 11.3 Å². The maximum absolute atomic E-state index is 13.7. The molecule has 4 heteroatoms. The number of nitrogens with two attached hydrogens (primary N) is 1. The largest absolute Gasteiger partial charge is 0.378 e. The lowest BCUT2D eigenvalue weighted by atomic mass is 10.1. The van der Waals surface area contributed by atoms with Crippen LogP contribution >= 0.6 is 0 Å². The molecule has 1 aliphatic heterocycles. The van der Waals surface area contributed by atoms with Crippen molar-refractivity contribution < 1.29 is 9.13 Å². The number of hydrogen-bond acceptors (Lipinski definition) is 3. The molecule has 1 aromatic carbocycles. The molecule has 0 spiro atoms. The standard InChI is InChI=1S/C16H25FN2O/c1-13-3-4-16(17)14(11-13)12-19-8-5-15(6-9-19)20-10-2-7-18/h3-4,11,15H,2,5-10,12,18H2,1H3. The Morgan fingerprint density at radius 2 is 2.10 bits per heavy atom. The van der Waals surface area contributed by atoms with E-state index >= 15 is 0 Å². The first-order chi connectivity index (χ1) is 9.69. The van der Waals surface area contributed by atoms with Crippen molar-refractivity contribution >= 4 is 0 Å². The molecule has 1 fully saturated rings. The molecule has 2 N–H and O–H groups in total. The molecule has 1 aromatic rings. The van der Waals surface area contributed by atoms with E-state index < -0.39 is 0 Å². The quantitative estimate of drug-likeness (QED) is 0.814. The van der Waals surface area contributed by atoms with Gasteiger partial charge < -0.3 is 10.5 Å². The van der Waals surface area contributed by atoms with E-state index in [1.165, 1.54) is 0 Å². The van der Waals surface area contributed by atoms with Crippen LogP contribution in [0, 0.1) is 12.7 Å². The minimum Gasteiger partial charge on any atom is -0.378 e. The van der Waals surface area contributed by atoms with Gasteiger partial charge in [-0.25, -0.2) is 4.39 Å². The van der Waals surface area contributed by atoms with E-state index in [0.717, 1.165) is 50.1 Å². The number of hydrogen-bond donors (Lipinski definition) is 1. The van der Waals surface area contributed by atoms with Crippen molar-refractivity contribution in [3.05, 3.63) is 35.1 Å². The molecule has 112 valence electrons. The fourth-order valence-corrected chi connectivity index (χ4v) is 2.63. The molecule has 0 bridgehead atoms. The first-order valence-electron chi connectivity index (χ1n) is 7.48. The van der Waals surface area contributed by atoms with Gasteiger partial charge in [-0.1, -0.05) is 17.7 Å². The number of aryl methyl sites for hydroxylation is 1. The van der Waals surface area contributed by atoms with Gasteiger partial charge in [-0.2, -0.15) is 0 Å². The van der Waals surface area contributed by atoms with Crippen molar-refractivity contribution in [2.45, 2.75) is 38.8 Å². The first kappa shape index (κ1) is 15.4. The highest BCUT2D eigenvalue weighted by Crippen LogP contribution is 2.18. The number of halogens is 1. The highest BCUT2D eigenvalue weighted by Gasteiger charge is 2.20. The Labute approximate surface area is 120 Å². The average Bonchev–Trinajstić information content (AvgIpc) is 2.45. The maximum atomic E-state index is 13.7. The fraction of sp³-hybridized carbons (Fsp3) is 0.625. The van der Waals surface area contributed by atoms with E-state index in [1.807, 2.05) is 19.1 Å². The minimum absolute atomic E-state index is 0.100. The molecule has 0 unspecified atom stereocenters. The van der Waals surface area contributed by atoms with Crippen molar-refractivity contribution in [1.29, 1.82) is 0 Å². The molecule has 0 amide bonds. The van der Waals surface area contributed by atoms with Crippen LogP contribution in [0.4, 0.5) is 4.39 Å². The fourth-order valence-electron chi connectivity index (χ4n) is 2.63. The molecule has 1 heterocycles. The summed E-state index contributed by atoms with van der Waals surface area (Å²) in [6.45, 7) is 6.09. The Bertz CT molecular complexity index is 417. The van der Waals surface area contributed by atoms with Gasteiger partial charge in [0.1, 0.15) is 5.82 Å². The second kappa shape index (κ2) is 7.72. The van der Waals surface area contributed by atoms with Gasteiger partial charge in [0.05, 0.1) is 6.10 Å². The molecular formula is C16H25FN2O. The Morgan fingerprint density at radius 3 is 2.80 bits per heavy atom. The number of nitrogens with zero attached hydrogens (tertiary/aromatic N) is 1. The highest BCUT2D eigenvalue weighted by atomic mass is 19.1. The van der Waals surface area contributed by atoms with Crippen LogP contribution in [-0.4, -0.2) is 37.2 Å². The van der Waals surface area contributed by atoms with Gasteiger partial charge in [-0.15, -0.1) is 0 Å². The minimum atomic E-state index is -0.100. The molecule has 1 saturated heterocycles. The van der Waals surface area contributed by atoms with E-state index in [-0.39, 0.29) is 5.82 Å². The van der Waals surface area contributed by atoms with Gasteiger partial charge in [-0.3, -0.25) is 4.90 Å². The Morgan fingerprint density at radius 1 is 1.35 bits per heavy atom. The molecular weight excluding hydrogens is 255 g/mol. The number of likely N-dealkylation sites (tertiary alicyclic amines) is 1. The number of rotatable bonds is 6. The van der Waals surface area contributed by atoms with Gasteiger partial charge >= 0.3 is 0 Å². The molecule has 3 nitrogen and oxygen atoms in total. The summed E-state index contributed by atoms with van der Waals surface area (Å²) in [7, 11) is 0. The van der Waals surface area contributed by atoms with Gasteiger partial charge in [0.15, 0.2) is 0 Å². The lowest BCUT2D eigenvalue weighted by Gasteiger charge is -2.32. The second-order valence-electron chi connectivity index (χ2n) is 5.58. The van der Waals surface area contributed by atoms with E-state index in [0.29, 0.717) is 19.2 Å². The lowest BCUT2D eigenvalue weighted by Crippen LogP contribution is -2.37. The second-order valence-corrected chi connectivity index (χ2v) is 5.58. The Balaban J connectivity index is 1.78. The normalized spacial score (nSPS) is 17.6. The monoisotopic (exact) mass is 280 g/mol. The van der Waals surface area contributed by atoms with Gasteiger partial charge in [0.25, 0.3) is 0 Å². The van der Waals surface area contributed by atoms with E-state index in [1.54, 1.807) is 6.07 Å². The SMILES string of the molecule is Cc1ccc(F)c(CN2CCC(OCCCN)CC2)c1. The third-order valence-electron chi connectivity index (χ3n) is 3.83. The summed E-state index contributed by atoms with van der Waals surface area (Å²) in [6.07, 6.45) is 3.32. The van der Waals surface area contributed by atoms with Crippen LogP contribution in [0.5, 0.6) is 0 Å². The summed E-state index contributed by atoms with van der Waals surface area (Å²) in [6, 6.07) is 5.32. The van der Waals surface area contributed by atoms with Crippen molar-refractivity contribution in [3.8, 4) is 0 Å². The van der Waals surface area contributed by atoms with E-state index in [4.69, 9.17) is 10.5 Å². The maximum Gasteiger partial charge on any atom is 0.127 e. The van der Waals surface area contributed by atoms with Gasteiger partial charge in [0.2, 0.25) is 0 Å². The van der Waals surface area contributed by atoms with Gasteiger partial charge in [0, 0.05) is 31.8 Å². The summed E-state index contributed by atoms with van der Waals surface area (Å²) in [5.41, 5.74) is 7.37. The van der Waals surface area contributed by atoms with Crippen molar-refractivity contribution in [1.82, 2.24) is 4.90 Å². The van der Waals surface area contributed by atoms with Crippen LogP contribution in [0.25, 0.3) is 0 Å². The van der Waals surface area contributed by atoms with Crippen LogP contribution < -0.4 is 5.73 Å². The molecule has 20 heavy (non-hydrogen) atoms. The molecule has 1 aliphatic rings. The average molecular weight is 280 g/mol. The third kappa shape index (κ3) is 4.54. The molecule has 2 rings (SSSR count). The van der Waals surface area contributed by atoms with E-state index in [9.17, 15) is 4.39 Å². The highest BCUT2D eigenvalue weighted by molar-refractivity contribution is 5.24. The number of piperidine rings is 1. The van der Waals surface area contributed by atoms with Crippen LogP contribution in [0.3, 0.4) is 0 Å². The molecule has 0 saturated carbocycles. The summed E-state index contributed by atoms with van der Waals surface area (Å²) < 4.78 is 19.5. The van der Waals surface area contributed by atoms with Crippen molar-refractivity contribution in [2.24, 2.45) is 5.73 Å². The summed E-state index contributed by atoms with van der Waals surface area (Å²) in [4.78, 5) is 2.31. The van der Waals surface area contributed by atoms with Crippen LogP contribution in [0.15, 0.2) is 18.2 Å². The van der Waals surface area contributed by atoms with E-state index in [2.05, 4.69) is 4.90 Å². The Kier molecular flexibility index (Phi) is 5.95. The van der Waals surface area contributed by atoms with Crippen LogP contribution in [0.1, 0.15) is 30.4 Å².